The van der Waals surface area contributed by atoms with Gasteiger partial charge in [-0.15, -0.1) is 10.2 Å². The van der Waals surface area contributed by atoms with Crippen molar-refractivity contribution >= 4 is 27.6 Å². The third-order valence-corrected chi connectivity index (χ3v) is 6.30. The summed E-state index contributed by atoms with van der Waals surface area (Å²) in [4.78, 5) is 14.7. The third-order valence-electron chi connectivity index (χ3n) is 4.47. The first kappa shape index (κ1) is 19.2. The van der Waals surface area contributed by atoms with E-state index in [0.717, 1.165) is 36.1 Å². The topological polar surface area (TPSA) is 95.5 Å². The minimum Gasteiger partial charge on any atom is -0.355 e. The Morgan fingerprint density at radius 2 is 1.67 bits per heavy atom. The first-order valence-corrected chi connectivity index (χ1v) is 10.2. The van der Waals surface area contributed by atoms with Gasteiger partial charge in [-0.05, 0) is 55.7 Å². The lowest BCUT2D eigenvalue weighted by Crippen LogP contribution is -2.30. The van der Waals surface area contributed by atoms with Gasteiger partial charge in [0.2, 0.25) is 10.0 Å². The maximum atomic E-state index is 12.3. The monoisotopic (exact) mass is 389 g/mol. The van der Waals surface area contributed by atoms with Gasteiger partial charge < -0.3 is 10.2 Å². The van der Waals surface area contributed by atoms with Gasteiger partial charge in [0, 0.05) is 32.7 Å². The highest BCUT2D eigenvalue weighted by molar-refractivity contribution is 7.89. The van der Waals surface area contributed by atoms with Crippen LogP contribution in [0.15, 0.2) is 41.3 Å². The Bertz CT molecular complexity index is 890. The number of carbonyl (C=O) groups is 1. The van der Waals surface area contributed by atoms with Crippen molar-refractivity contribution in [2.45, 2.75) is 24.2 Å². The van der Waals surface area contributed by atoms with E-state index in [2.05, 4.69) is 20.4 Å². The van der Waals surface area contributed by atoms with E-state index in [0.29, 0.717) is 11.4 Å². The second kappa shape index (κ2) is 8.01. The molecule has 8 nitrogen and oxygen atoms in total. The number of piperidine rings is 1. The molecule has 1 saturated heterocycles. The van der Waals surface area contributed by atoms with E-state index in [1.54, 1.807) is 6.07 Å². The molecule has 0 radical (unpaired) electrons. The zero-order chi connectivity index (χ0) is 19.4. The molecule has 0 saturated carbocycles. The molecule has 2 heterocycles. The van der Waals surface area contributed by atoms with E-state index in [1.165, 1.54) is 44.8 Å². The Kier molecular flexibility index (Phi) is 5.71. The fraction of sp³-hybridized carbons (Fsp3) is 0.389. The van der Waals surface area contributed by atoms with E-state index in [-0.39, 0.29) is 10.8 Å². The van der Waals surface area contributed by atoms with Crippen molar-refractivity contribution in [2.75, 3.05) is 37.4 Å². The molecule has 2 aromatic rings. The van der Waals surface area contributed by atoms with Gasteiger partial charge >= 0.3 is 0 Å². The summed E-state index contributed by atoms with van der Waals surface area (Å²) >= 11 is 0. The molecule has 27 heavy (non-hydrogen) atoms. The van der Waals surface area contributed by atoms with Crippen molar-refractivity contribution < 1.29 is 13.2 Å². The molecule has 0 spiro atoms. The number of nitrogens with zero attached hydrogens (tertiary/aromatic N) is 4. The molecule has 1 aromatic heterocycles. The van der Waals surface area contributed by atoms with Crippen LogP contribution in [0.3, 0.4) is 0 Å². The van der Waals surface area contributed by atoms with Crippen LogP contribution < -0.4 is 10.2 Å². The predicted molar refractivity (Wildman–Crippen MR) is 103 cm³/mol. The van der Waals surface area contributed by atoms with Crippen molar-refractivity contribution in [3.05, 3.63) is 42.0 Å². The summed E-state index contributed by atoms with van der Waals surface area (Å²) in [6.07, 6.45) is 3.55. The first-order valence-electron chi connectivity index (χ1n) is 8.80. The molecule has 0 bridgehead atoms. The maximum absolute atomic E-state index is 12.3. The largest absolute Gasteiger partial charge is 0.355 e. The van der Waals surface area contributed by atoms with Crippen molar-refractivity contribution in [1.82, 2.24) is 14.5 Å². The van der Waals surface area contributed by atoms with Gasteiger partial charge in [0.15, 0.2) is 11.6 Å². The van der Waals surface area contributed by atoms with Crippen LogP contribution in [0.5, 0.6) is 0 Å². The van der Waals surface area contributed by atoms with Gasteiger partial charge in [0.1, 0.15) is 0 Å². The SMILES string of the molecule is CN(C)S(=O)(=O)c1ccc(C(=O)Nc2ccc(N3CCCCC3)nn2)cc1. The lowest BCUT2D eigenvalue weighted by atomic mass is 10.1. The molecule has 0 aliphatic carbocycles. The van der Waals surface area contributed by atoms with E-state index < -0.39 is 10.0 Å². The number of hydrogen-bond acceptors (Lipinski definition) is 6. The smallest absolute Gasteiger partial charge is 0.256 e. The number of nitrogens with one attached hydrogen (secondary N) is 1. The molecule has 1 aliphatic heterocycles. The van der Waals surface area contributed by atoms with E-state index in [1.807, 2.05) is 6.07 Å². The number of aromatic nitrogens is 2. The Labute approximate surface area is 159 Å². The highest BCUT2D eigenvalue weighted by Gasteiger charge is 2.18. The summed E-state index contributed by atoms with van der Waals surface area (Å²) in [5, 5.41) is 10.9. The lowest BCUT2D eigenvalue weighted by molar-refractivity contribution is 0.102. The van der Waals surface area contributed by atoms with Gasteiger partial charge in [0.25, 0.3) is 5.91 Å². The molecule has 1 N–H and O–H groups in total. The van der Waals surface area contributed by atoms with Crippen molar-refractivity contribution in [3.63, 3.8) is 0 Å². The zero-order valence-electron chi connectivity index (χ0n) is 15.4. The predicted octanol–water partition coefficient (Wildman–Crippen LogP) is 1.97. The third kappa shape index (κ3) is 4.42. The minimum atomic E-state index is -3.52. The van der Waals surface area contributed by atoms with Gasteiger partial charge in [-0.1, -0.05) is 0 Å². The molecule has 1 aromatic carbocycles. The number of anilines is 2. The average Bonchev–Trinajstić information content (AvgIpc) is 2.69. The normalized spacial score (nSPS) is 15.0. The second-order valence-electron chi connectivity index (χ2n) is 6.59. The van der Waals surface area contributed by atoms with Crippen LogP contribution >= 0.6 is 0 Å². The molecule has 0 unspecified atom stereocenters. The first-order chi connectivity index (χ1) is 12.9. The molecule has 0 atom stereocenters. The Morgan fingerprint density at radius 3 is 2.22 bits per heavy atom. The van der Waals surface area contributed by atoms with Crippen LogP contribution in [-0.4, -0.2) is 56.0 Å². The summed E-state index contributed by atoms with van der Waals surface area (Å²) in [5.74, 6) is 0.792. The lowest BCUT2D eigenvalue weighted by Gasteiger charge is -2.27. The zero-order valence-corrected chi connectivity index (χ0v) is 16.2. The van der Waals surface area contributed by atoms with Crippen LogP contribution in [0.25, 0.3) is 0 Å². The van der Waals surface area contributed by atoms with Crippen molar-refractivity contribution in [3.8, 4) is 0 Å². The van der Waals surface area contributed by atoms with Gasteiger partial charge in [-0.2, -0.15) is 0 Å². The fourth-order valence-corrected chi connectivity index (χ4v) is 3.76. The number of sulfonamides is 1. The van der Waals surface area contributed by atoms with Gasteiger partial charge in [0.05, 0.1) is 4.90 Å². The highest BCUT2D eigenvalue weighted by atomic mass is 32.2. The van der Waals surface area contributed by atoms with Gasteiger partial charge in [-0.25, -0.2) is 12.7 Å². The molecule has 3 rings (SSSR count). The molecular formula is C18H23N5O3S. The Balaban J connectivity index is 1.66. The number of rotatable bonds is 5. The highest BCUT2D eigenvalue weighted by Crippen LogP contribution is 2.18. The van der Waals surface area contributed by atoms with Crippen molar-refractivity contribution in [2.24, 2.45) is 0 Å². The maximum Gasteiger partial charge on any atom is 0.256 e. The average molecular weight is 389 g/mol. The Hall–Kier alpha value is -2.52. The summed E-state index contributed by atoms with van der Waals surface area (Å²) in [5.41, 5.74) is 0.342. The Morgan fingerprint density at radius 1 is 1.00 bits per heavy atom. The molecule has 1 amide bonds. The van der Waals surface area contributed by atoms with Crippen molar-refractivity contribution in [1.29, 1.82) is 0 Å². The number of amides is 1. The van der Waals surface area contributed by atoms with Crippen LogP contribution in [0.4, 0.5) is 11.6 Å². The molecule has 144 valence electrons. The molecule has 1 fully saturated rings. The summed E-state index contributed by atoms with van der Waals surface area (Å²) in [6.45, 7) is 1.95. The number of carbonyl (C=O) groups excluding carboxylic acids is 1. The second-order valence-corrected chi connectivity index (χ2v) is 8.74. The molecule has 1 aliphatic rings. The van der Waals surface area contributed by atoms with Gasteiger partial charge in [-0.3, -0.25) is 4.79 Å². The standard InChI is InChI=1S/C18H23N5O3S/c1-22(2)27(25,26)15-8-6-14(7-9-15)18(24)19-16-10-11-17(21-20-16)23-12-4-3-5-13-23/h6-11H,3-5,12-13H2,1-2H3,(H,19,20,24). The number of hydrogen-bond donors (Lipinski definition) is 1. The van der Waals surface area contributed by atoms with Crippen LogP contribution in [0.1, 0.15) is 29.6 Å². The van der Waals surface area contributed by atoms with E-state index >= 15 is 0 Å². The number of benzene rings is 1. The summed E-state index contributed by atoms with van der Waals surface area (Å²) < 4.78 is 25.3. The van der Waals surface area contributed by atoms with E-state index in [4.69, 9.17) is 0 Å². The summed E-state index contributed by atoms with van der Waals surface area (Å²) in [7, 11) is -0.598. The fourth-order valence-electron chi connectivity index (χ4n) is 2.86. The summed E-state index contributed by atoms with van der Waals surface area (Å²) in [6, 6.07) is 9.34. The molecule has 9 heteroatoms. The van der Waals surface area contributed by atoms with Crippen LogP contribution in [0.2, 0.25) is 0 Å². The minimum absolute atomic E-state index is 0.134. The van der Waals surface area contributed by atoms with Crippen LogP contribution in [-0.2, 0) is 10.0 Å². The quantitative estimate of drug-likeness (QED) is 0.840. The molecular weight excluding hydrogens is 366 g/mol. The van der Waals surface area contributed by atoms with E-state index in [9.17, 15) is 13.2 Å². The van der Waals surface area contributed by atoms with Crippen LogP contribution in [0, 0.1) is 0 Å².